The molecule has 0 aliphatic carbocycles. The van der Waals surface area contributed by atoms with E-state index >= 15 is 0 Å². The van der Waals surface area contributed by atoms with Crippen molar-refractivity contribution in [3.8, 4) is 0 Å². The van der Waals surface area contributed by atoms with E-state index in [0.29, 0.717) is 11.8 Å². The molecule has 5 heteroatoms. The summed E-state index contributed by atoms with van der Waals surface area (Å²) in [6.45, 7) is 5.03. The first-order valence-electron chi connectivity index (χ1n) is 5.86. The summed E-state index contributed by atoms with van der Waals surface area (Å²) in [5, 5.41) is 10.1. The molecule has 90 valence electrons. The summed E-state index contributed by atoms with van der Waals surface area (Å²) in [7, 11) is 0. The van der Waals surface area contributed by atoms with Crippen molar-refractivity contribution in [3.63, 3.8) is 0 Å². The van der Waals surface area contributed by atoms with Crippen LogP contribution in [-0.4, -0.2) is 28.2 Å². The maximum Gasteiger partial charge on any atom is 0.220 e. The standard InChI is InChI=1S/C12H15N3OS/c1-9-13-14-12(16-9)10-4-5-15(7-10)8-11-3-2-6-17-11/h2-3,6,10H,4-5,7-8H2,1H3. The lowest BCUT2D eigenvalue weighted by molar-refractivity contribution is 0.321. The first kappa shape index (κ1) is 10.9. The van der Waals surface area contributed by atoms with E-state index in [0.717, 1.165) is 31.9 Å². The SMILES string of the molecule is Cc1nnc(C2CCN(Cc3cccs3)C2)o1. The first-order chi connectivity index (χ1) is 8.31. The molecule has 1 saturated heterocycles. The van der Waals surface area contributed by atoms with Crippen LogP contribution in [-0.2, 0) is 6.54 Å². The van der Waals surface area contributed by atoms with E-state index in [1.54, 1.807) is 0 Å². The van der Waals surface area contributed by atoms with Gasteiger partial charge in [-0.2, -0.15) is 0 Å². The van der Waals surface area contributed by atoms with Gasteiger partial charge >= 0.3 is 0 Å². The Labute approximate surface area is 104 Å². The van der Waals surface area contributed by atoms with Crippen LogP contribution in [0.2, 0.25) is 0 Å². The molecular formula is C12H15N3OS. The molecule has 0 spiro atoms. The average molecular weight is 249 g/mol. The van der Waals surface area contributed by atoms with Gasteiger partial charge < -0.3 is 4.42 Å². The van der Waals surface area contributed by atoms with Gasteiger partial charge in [-0.1, -0.05) is 6.07 Å². The van der Waals surface area contributed by atoms with Gasteiger partial charge in [0, 0.05) is 24.9 Å². The largest absolute Gasteiger partial charge is 0.425 e. The molecule has 2 aromatic heterocycles. The zero-order chi connectivity index (χ0) is 11.7. The fraction of sp³-hybridized carbons (Fsp3) is 0.500. The minimum Gasteiger partial charge on any atom is -0.425 e. The predicted molar refractivity (Wildman–Crippen MR) is 66.0 cm³/mol. The first-order valence-corrected chi connectivity index (χ1v) is 6.74. The molecule has 0 radical (unpaired) electrons. The monoisotopic (exact) mass is 249 g/mol. The minimum absolute atomic E-state index is 0.413. The van der Waals surface area contributed by atoms with Gasteiger partial charge in [-0.15, -0.1) is 21.5 Å². The van der Waals surface area contributed by atoms with Crippen molar-refractivity contribution in [2.24, 2.45) is 0 Å². The van der Waals surface area contributed by atoms with Crippen LogP contribution < -0.4 is 0 Å². The van der Waals surface area contributed by atoms with Crippen molar-refractivity contribution in [3.05, 3.63) is 34.2 Å². The van der Waals surface area contributed by atoms with E-state index in [2.05, 4.69) is 32.6 Å². The molecule has 0 saturated carbocycles. The lowest BCUT2D eigenvalue weighted by atomic mass is 10.1. The van der Waals surface area contributed by atoms with Gasteiger partial charge in [0.2, 0.25) is 11.8 Å². The number of likely N-dealkylation sites (tertiary alicyclic amines) is 1. The Morgan fingerprint density at radius 1 is 1.53 bits per heavy atom. The van der Waals surface area contributed by atoms with Crippen molar-refractivity contribution < 1.29 is 4.42 Å². The molecule has 1 unspecified atom stereocenters. The van der Waals surface area contributed by atoms with Gasteiger partial charge in [0.1, 0.15) is 0 Å². The summed E-state index contributed by atoms with van der Waals surface area (Å²) < 4.78 is 5.50. The zero-order valence-corrected chi connectivity index (χ0v) is 10.6. The highest BCUT2D eigenvalue weighted by atomic mass is 32.1. The second-order valence-corrected chi connectivity index (χ2v) is 5.49. The van der Waals surface area contributed by atoms with Crippen LogP contribution >= 0.6 is 11.3 Å². The van der Waals surface area contributed by atoms with Crippen molar-refractivity contribution in [2.75, 3.05) is 13.1 Å². The molecule has 0 aromatic carbocycles. The zero-order valence-electron chi connectivity index (χ0n) is 9.80. The minimum atomic E-state index is 0.413. The number of hydrogen-bond donors (Lipinski definition) is 0. The Morgan fingerprint density at radius 2 is 2.47 bits per heavy atom. The normalized spacial score (nSPS) is 21.1. The Kier molecular flexibility index (Phi) is 2.94. The Hall–Kier alpha value is -1.20. The molecule has 4 nitrogen and oxygen atoms in total. The number of aryl methyl sites for hydroxylation is 1. The summed E-state index contributed by atoms with van der Waals surface area (Å²) in [6.07, 6.45) is 1.12. The van der Waals surface area contributed by atoms with Crippen LogP contribution in [0, 0.1) is 6.92 Å². The van der Waals surface area contributed by atoms with Gasteiger partial charge in [0.05, 0.1) is 5.92 Å². The second kappa shape index (κ2) is 4.58. The summed E-state index contributed by atoms with van der Waals surface area (Å²) in [5.41, 5.74) is 0. The third-order valence-electron chi connectivity index (χ3n) is 3.12. The van der Waals surface area contributed by atoms with Gasteiger partial charge in [-0.25, -0.2) is 0 Å². The smallest absolute Gasteiger partial charge is 0.220 e. The maximum absolute atomic E-state index is 5.50. The van der Waals surface area contributed by atoms with Crippen LogP contribution in [0.4, 0.5) is 0 Å². The molecule has 1 atom stereocenters. The molecule has 0 bridgehead atoms. The van der Waals surface area contributed by atoms with E-state index in [-0.39, 0.29) is 0 Å². The Balaban J connectivity index is 1.62. The van der Waals surface area contributed by atoms with Gasteiger partial charge in [-0.05, 0) is 24.4 Å². The molecule has 3 heterocycles. The van der Waals surface area contributed by atoms with Gasteiger partial charge in [0.25, 0.3) is 0 Å². The maximum atomic E-state index is 5.50. The molecule has 3 rings (SSSR count). The van der Waals surface area contributed by atoms with E-state index in [9.17, 15) is 0 Å². The van der Waals surface area contributed by atoms with Crippen LogP contribution in [0.5, 0.6) is 0 Å². The van der Waals surface area contributed by atoms with Crippen LogP contribution in [0.25, 0.3) is 0 Å². The lowest BCUT2D eigenvalue weighted by Crippen LogP contribution is -2.19. The van der Waals surface area contributed by atoms with Crippen LogP contribution in [0.1, 0.15) is 29.0 Å². The summed E-state index contributed by atoms with van der Waals surface area (Å²) in [5.74, 6) is 1.88. The van der Waals surface area contributed by atoms with E-state index < -0.39 is 0 Å². The van der Waals surface area contributed by atoms with Crippen molar-refractivity contribution in [2.45, 2.75) is 25.8 Å². The predicted octanol–water partition coefficient (Wildman–Crippen LogP) is 2.43. The summed E-state index contributed by atoms with van der Waals surface area (Å²) in [6, 6.07) is 4.30. The van der Waals surface area contributed by atoms with Crippen molar-refractivity contribution in [1.82, 2.24) is 15.1 Å². The average Bonchev–Trinajstić information content (AvgIpc) is 2.99. The number of hydrogen-bond acceptors (Lipinski definition) is 5. The number of nitrogens with zero attached hydrogens (tertiary/aromatic N) is 3. The van der Waals surface area contributed by atoms with E-state index in [1.807, 2.05) is 18.3 Å². The molecule has 0 N–H and O–H groups in total. The van der Waals surface area contributed by atoms with Crippen LogP contribution in [0.3, 0.4) is 0 Å². The highest BCUT2D eigenvalue weighted by Crippen LogP contribution is 2.27. The lowest BCUT2D eigenvalue weighted by Gasteiger charge is -2.13. The topological polar surface area (TPSA) is 42.2 Å². The number of rotatable bonds is 3. The molecule has 17 heavy (non-hydrogen) atoms. The third kappa shape index (κ3) is 2.40. The van der Waals surface area contributed by atoms with E-state index in [4.69, 9.17) is 4.42 Å². The Morgan fingerprint density at radius 3 is 3.18 bits per heavy atom. The fourth-order valence-corrected chi connectivity index (χ4v) is 3.02. The Bertz CT molecular complexity index is 480. The third-order valence-corrected chi connectivity index (χ3v) is 3.98. The summed E-state index contributed by atoms with van der Waals surface area (Å²) >= 11 is 1.82. The fourth-order valence-electron chi connectivity index (χ4n) is 2.28. The van der Waals surface area contributed by atoms with Gasteiger partial charge in [-0.3, -0.25) is 4.90 Å². The second-order valence-electron chi connectivity index (χ2n) is 4.46. The molecule has 0 amide bonds. The summed E-state index contributed by atoms with van der Waals surface area (Å²) in [4.78, 5) is 3.88. The van der Waals surface area contributed by atoms with Gasteiger partial charge in [0.15, 0.2) is 0 Å². The molecule has 1 fully saturated rings. The van der Waals surface area contributed by atoms with E-state index in [1.165, 1.54) is 4.88 Å². The van der Waals surface area contributed by atoms with Crippen LogP contribution in [0.15, 0.2) is 21.9 Å². The van der Waals surface area contributed by atoms with Crippen molar-refractivity contribution >= 4 is 11.3 Å². The molecule has 1 aliphatic rings. The highest BCUT2D eigenvalue weighted by molar-refractivity contribution is 7.09. The molecule has 2 aromatic rings. The molecule has 1 aliphatic heterocycles. The quantitative estimate of drug-likeness (QED) is 0.838. The number of thiophene rings is 1. The van der Waals surface area contributed by atoms with Crippen molar-refractivity contribution in [1.29, 1.82) is 0 Å². The number of aromatic nitrogens is 2. The molecular weight excluding hydrogens is 234 g/mol. The highest BCUT2D eigenvalue weighted by Gasteiger charge is 2.27.